The molecule has 128 valence electrons. The van der Waals surface area contributed by atoms with Crippen molar-refractivity contribution in [1.82, 2.24) is 15.0 Å². The molecule has 0 aromatic carbocycles. The van der Waals surface area contributed by atoms with E-state index in [4.69, 9.17) is 9.26 Å². The number of aryl methyl sites for hydroxylation is 3. The lowest BCUT2D eigenvalue weighted by molar-refractivity contribution is -0.139. The molecule has 6 heteroatoms. The van der Waals surface area contributed by atoms with Gasteiger partial charge in [-0.2, -0.15) is 0 Å². The van der Waals surface area contributed by atoms with Gasteiger partial charge in [-0.3, -0.25) is 9.78 Å². The lowest BCUT2D eigenvalue weighted by Crippen LogP contribution is -2.42. The Kier molecular flexibility index (Phi) is 4.94. The van der Waals surface area contributed by atoms with Gasteiger partial charge in [-0.25, -0.2) is 0 Å². The summed E-state index contributed by atoms with van der Waals surface area (Å²) in [5.74, 6) is 0.946. The van der Waals surface area contributed by atoms with Crippen molar-refractivity contribution in [3.05, 3.63) is 46.6 Å². The van der Waals surface area contributed by atoms with Crippen molar-refractivity contribution in [3.8, 4) is 0 Å². The summed E-state index contributed by atoms with van der Waals surface area (Å²) < 4.78 is 11.0. The van der Waals surface area contributed by atoms with Gasteiger partial charge < -0.3 is 14.2 Å². The highest BCUT2D eigenvalue weighted by atomic mass is 16.5. The fraction of sp³-hybridized carbons (Fsp3) is 0.500. The molecule has 1 saturated heterocycles. The molecule has 1 atom stereocenters. The van der Waals surface area contributed by atoms with Crippen LogP contribution < -0.4 is 0 Å². The van der Waals surface area contributed by atoms with Crippen LogP contribution in [0.4, 0.5) is 0 Å². The number of hydrogen-bond donors (Lipinski definition) is 0. The van der Waals surface area contributed by atoms with E-state index in [1.165, 1.54) is 0 Å². The smallest absolute Gasteiger partial charge is 0.223 e. The molecule has 3 rings (SSSR count). The molecular weight excluding hydrogens is 306 g/mol. The normalized spacial score (nSPS) is 18.0. The molecule has 1 aliphatic rings. The van der Waals surface area contributed by atoms with E-state index in [0.717, 1.165) is 28.3 Å². The molecule has 3 heterocycles. The molecule has 0 radical (unpaired) electrons. The topological polar surface area (TPSA) is 68.5 Å². The SMILES string of the molecule is Cc1cc([C@@H]2CN(C(=O)CCc3c(C)noc3C)CCO2)ccn1. The number of pyridine rings is 1. The fourth-order valence-electron chi connectivity index (χ4n) is 3.09. The lowest BCUT2D eigenvalue weighted by atomic mass is 10.1. The number of aromatic nitrogens is 2. The van der Waals surface area contributed by atoms with Gasteiger partial charge in [0.1, 0.15) is 11.9 Å². The Morgan fingerprint density at radius 1 is 1.38 bits per heavy atom. The molecular formula is C18H23N3O3. The maximum absolute atomic E-state index is 12.6. The van der Waals surface area contributed by atoms with Gasteiger partial charge >= 0.3 is 0 Å². The summed E-state index contributed by atoms with van der Waals surface area (Å²) in [4.78, 5) is 18.7. The van der Waals surface area contributed by atoms with Crippen LogP contribution in [-0.2, 0) is 16.0 Å². The van der Waals surface area contributed by atoms with Gasteiger partial charge in [-0.05, 0) is 44.9 Å². The van der Waals surface area contributed by atoms with E-state index in [-0.39, 0.29) is 12.0 Å². The predicted octanol–water partition coefficient (Wildman–Crippen LogP) is 2.53. The van der Waals surface area contributed by atoms with Gasteiger partial charge in [0, 0.05) is 30.4 Å². The van der Waals surface area contributed by atoms with E-state index in [1.54, 1.807) is 6.20 Å². The highest BCUT2D eigenvalue weighted by Crippen LogP contribution is 2.23. The summed E-state index contributed by atoms with van der Waals surface area (Å²) in [6.45, 7) is 7.54. The third kappa shape index (κ3) is 3.64. The van der Waals surface area contributed by atoms with Gasteiger partial charge in [0.15, 0.2) is 0 Å². The van der Waals surface area contributed by atoms with Crippen molar-refractivity contribution in [2.45, 2.75) is 39.7 Å². The van der Waals surface area contributed by atoms with Crippen molar-refractivity contribution in [2.24, 2.45) is 0 Å². The molecule has 1 aliphatic heterocycles. The second-order valence-corrected chi connectivity index (χ2v) is 6.23. The van der Waals surface area contributed by atoms with Gasteiger partial charge in [-0.1, -0.05) is 5.16 Å². The molecule has 0 bridgehead atoms. The zero-order valence-electron chi connectivity index (χ0n) is 14.4. The van der Waals surface area contributed by atoms with Crippen molar-refractivity contribution >= 4 is 5.91 Å². The quantitative estimate of drug-likeness (QED) is 0.862. The molecule has 0 aliphatic carbocycles. The second kappa shape index (κ2) is 7.13. The van der Waals surface area contributed by atoms with E-state index in [1.807, 2.05) is 37.8 Å². The lowest BCUT2D eigenvalue weighted by Gasteiger charge is -2.33. The number of carbonyl (C=O) groups excluding carboxylic acids is 1. The molecule has 0 saturated carbocycles. The first-order chi connectivity index (χ1) is 11.5. The van der Waals surface area contributed by atoms with Crippen LogP contribution in [0.15, 0.2) is 22.9 Å². The summed E-state index contributed by atoms with van der Waals surface area (Å²) in [6.07, 6.45) is 2.83. The van der Waals surface area contributed by atoms with Crippen LogP contribution in [-0.4, -0.2) is 40.6 Å². The average molecular weight is 329 g/mol. The number of nitrogens with zero attached hydrogens (tertiary/aromatic N) is 3. The van der Waals surface area contributed by atoms with Crippen LogP contribution in [0.2, 0.25) is 0 Å². The molecule has 6 nitrogen and oxygen atoms in total. The molecule has 1 amide bonds. The third-order valence-electron chi connectivity index (χ3n) is 4.48. The standard InChI is InChI=1S/C18H23N3O3/c1-12-10-15(6-7-19-12)17-11-21(8-9-23-17)18(22)5-4-16-13(2)20-24-14(16)3/h6-7,10,17H,4-5,8-9,11H2,1-3H3/t17-/m0/s1. The Balaban J connectivity index is 1.61. The number of rotatable bonds is 4. The number of hydrogen-bond acceptors (Lipinski definition) is 5. The Labute approximate surface area is 141 Å². The number of carbonyl (C=O) groups is 1. The molecule has 24 heavy (non-hydrogen) atoms. The zero-order valence-corrected chi connectivity index (χ0v) is 14.4. The van der Waals surface area contributed by atoms with E-state index in [0.29, 0.717) is 32.5 Å². The summed E-state index contributed by atoms with van der Waals surface area (Å²) >= 11 is 0. The van der Waals surface area contributed by atoms with E-state index < -0.39 is 0 Å². The Morgan fingerprint density at radius 2 is 2.21 bits per heavy atom. The molecule has 0 N–H and O–H groups in total. The molecule has 2 aromatic rings. The third-order valence-corrected chi connectivity index (χ3v) is 4.48. The first-order valence-corrected chi connectivity index (χ1v) is 8.28. The Morgan fingerprint density at radius 3 is 2.92 bits per heavy atom. The molecule has 0 spiro atoms. The van der Waals surface area contributed by atoms with Gasteiger partial charge in [0.25, 0.3) is 0 Å². The van der Waals surface area contributed by atoms with Crippen molar-refractivity contribution in [3.63, 3.8) is 0 Å². The first-order valence-electron chi connectivity index (χ1n) is 8.28. The van der Waals surface area contributed by atoms with E-state index in [9.17, 15) is 4.79 Å². The number of amides is 1. The summed E-state index contributed by atoms with van der Waals surface area (Å²) in [5, 5.41) is 3.94. The fourth-order valence-corrected chi connectivity index (χ4v) is 3.09. The van der Waals surface area contributed by atoms with E-state index in [2.05, 4.69) is 10.1 Å². The maximum atomic E-state index is 12.6. The zero-order chi connectivity index (χ0) is 17.1. The highest BCUT2D eigenvalue weighted by molar-refractivity contribution is 5.76. The van der Waals surface area contributed by atoms with Crippen LogP contribution in [0.3, 0.4) is 0 Å². The van der Waals surface area contributed by atoms with Crippen LogP contribution in [0.25, 0.3) is 0 Å². The molecule has 2 aromatic heterocycles. The largest absolute Gasteiger partial charge is 0.370 e. The molecule has 1 fully saturated rings. The molecule has 0 unspecified atom stereocenters. The van der Waals surface area contributed by atoms with Crippen LogP contribution in [0.1, 0.15) is 40.8 Å². The van der Waals surface area contributed by atoms with Gasteiger partial charge in [-0.15, -0.1) is 0 Å². The summed E-state index contributed by atoms with van der Waals surface area (Å²) in [7, 11) is 0. The first kappa shape index (κ1) is 16.6. The van der Waals surface area contributed by atoms with Gasteiger partial charge in [0.2, 0.25) is 5.91 Å². The highest BCUT2D eigenvalue weighted by Gasteiger charge is 2.25. The monoisotopic (exact) mass is 329 g/mol. The van der Waals surface area contributed by atoms with Crippen molar-refractivity contribution in [1.29, 1.82) is 0 Å². The van der Waals surface area contributed by atoms with Crippen LogP contribution in [0.5, 0.6) is 0 Å². The predicted molar refractivity (Wildman–Crippen MR) is 88.5 cm³/mol. The minimum atomic E-state index is -0.0801. The minimum absolute atomic E-state index is 0.0801. The Hall–Kier alpha value is -2.21. The summed E-state index contributed by atoms with van der Waals surface area (Å²) in [6, 6.07) is 3.97. The summed E-state index contributed by atoms with van der Waals surface area (Å²) in [5.41, 5.74) is 3.94. The van der Waals surface area contributed by atoms with Crippen LogP contribution >= 0.6 is 0 Å². The number of ether oxygens (including phenoxy) is 1. The maximum Gasteiger partial charge on any atom is 0.223 e. The average Bonchev–Trinajstić information content (AvgIpc) is 2.91. The van der Waals surface area contributed by atoms with Crippen molar-refractivity contribution in [2.75, 3.05) is 19.7 Å². The van der Waals surface area contributed by atoms with Crippen molar-refractivity contribution < 1.29 is 14.1 Å². The van der Waals surface area contributed by atoms with Gasteiger partial charge in [0.05, 0.1) is 18.8 Å². The second-order valence-electron chi connectivity index (χ2n) is 6.23. The van der Waals surface area contributed by atoms with Crippen LogP contribution in [0, 0.1) is 20.8 Å². The number of morpholine rings is 1. The van der Waals surface area contributed by atoms with E-state index >= 15 is 0 Å². The minimum Gasteiger partial charge on any atom is -0.370 e. The Bertz CT molecular complexity index is 707.